The summed E-state index contributed by atoms with van der Waals surface area (Å²) < 4.78 is 34.0. The lowest BCUT2D eigenvalue weighted by molar-refractivity contribution is -0.172. The molecule has 1 fully saturated rings. The van der Waals surface area contributed by atoms with Gasteiger partial charge < -0.3 is 38.8 Å². The second-order valence-corrected chi connectivity index (χ2v) is 14.4. The van der Waals surface area contributed by atoms with Crippen LogP contribution in [-0.2, 0) is 45.2 Å². The molecule has 0 radical (unpaired) electrons. The fourth-order valence-electron chi connectivity index (χ4n) is 7.48. The van der Waals surface area contributed by atoms with Gasteiger partial charge in [0.15, 0.2) is 23.7 Å². The predicted molar refractivity (Wildman–Crippen MR) is 168 cm³/mol. The Hall–Kier alpha value is -3.80. The number of carbonyl (C=O) groups excluding carboxylic acids is 4. The molecule has 2 bridgehead atoms. The smallest absolute Gasteiger partial charge is 0.408 e. The number of amides is 1. The van der Waals surface area contributed by atoms with Crippen LogP contribution in [0.5, 0.6) is 11.5 Å². The molecule has 6 atom stereocenters. The van der Waals surface area contributed by atoms with E-state index in [0.29, 0.717) is 17.9 Å². The Morgan fingerprint density at radius 1 is 1.13 bits per heavy atom. The maximum Gasteiger partial charge on any atom is 0.408 e. The summed E-state index contributed by atoms with van der Waals surface area (Å²) in [4.78, 5) is 51.5. The lowest BCUT2D eigenvalue weighted by Crippen LogP contribution is -2.67. The minimum atomic E-state index is -1.38. The van der Waals surface area contributed by atoms with Crippen LogP contribution >= 0.6 is 0 Å². The molecule has 1 aromatic carbocycles. The highest BCUT2D eigenvalue weighted by Crippen LogP contribution is 2.67. The van der Waals surface area contributed by atoms with E-state index in [1.165, 1.54) is 6.92 Å². The summed E-state index contributed by atoms with van der Waals surface area (Å²) in [6.07, 6.45) is 1.77. The van der Waals surface area contributed by atoms with Gasteiger partial charge >= 0.3 is 24.0 Å². The van der Waals surface area contributed by atoms with Crippen molar-refractivity contribution in [3.8, 4) is 11.5 Å². The van der Waals surface area contributed by atoms with E-state index in [1.807, 2.05) is 26.0 Å². The van der Waals surface area contributed by atoms with E-state index >= 15 is 0 Å². The van der Waals surface area contributed by atoms with Crippen molar-refractivity contribution >= 4 is 24.0 Å². The Bertz CT molecular complexity index is 1450. The highest BCUT2D eigenvalue weighted by Gasteiger charge is 2.71. The topological polar surface area (TPSA) is 156 Å². The molecule has 1 aromatic rings. The zero-order chi connectivity index (χ0) is 34.3. The molecule has 2 N–H and O–H groups in total. The molecular formula is C35H47NO11. The Kier molecular flexibility index (Phi) is 9.56. The number of methoxy groups -OCH3 is 1. The number of esters is 3. The van der Waals surface area contributed by atoms with Crippen molar-refractivity contribution in [2.45, 2.75) is 121 Å². The Labute approximate surface area is 275 Å². The molecule has 5 rings (SSSR count). The van der Waals surface area contributed by atoms with Crippen molar-refractivity contribution in [2.24, 2.45) is 11.8 Å². The van der Waals surface area contributed by atoms with E-state index in [4.69, 9.17) is 28.4 Å². The molecule has 1 saturated carbocycles. The molecule has 12 nitrogen and oxygen atoms in total. The molecule has 4 aliphatic rings. The molecule has 1 aliphatic heterocycles. The Balaban J connectivity index is 1.30. The first-order valence-corrected chi connectivity index (χ1v) is 16.5. The summed E-state index contributed by atoms with van der Waals surface area (Å²) in [7, 11) is 1.56. The quantitative estimate of drug-likeness (QED) is 0.257. The van der Waals surface area contributed by atoms with Gasteiger partial charge in [0.05, 0.1) is 24.7 Å². The zero-order valence-corrected chi connectivity index (χ0v) is 28.3. The van der Waals surface area contributed by atoms with Gasteiger partial charge in [0.25, 0.3) is 0 Å². The maximum atomic E-state index is 13.4. The fourth-order valence-corrected chi connectivity index (χ4v) is 7.48. The molecule has 3 aliphatic carbocycles. The van der Waals surface area contributed by atoms with Gasteiger partial charge in [0.2, 0.25) is 0 Å². The second kappa shape index (κ2) is 13.0. The third-order valence-corrected chi connectivity index (χ3v) is 9.50. The Morgan fingerprint density at radius 3 is 2.55 bits per heavy atom. The molecular weight excluding hydrogens is 610 g/mol. The van der Waals surface area contributed by atoms with Gasteiger partial charge in [-0.1, -0.05) is 26.3 Å². The van der Waals surface area contributed by atoms with Crippen LogP contribution in [-0.4, -0.2) is 72.3 Å². The van der Waals surface area contributed by atoms with Crippen molar-refractivity contribution in [3.63, 3.8) is 0 Å². The molecule has 1 heterocycles. The van der Waals surface area contributed by atoms with E-state index in [1.54, 1.807) is 34.0 Å². The second-order valence-electron chi connectivity index (χ2n) is 14.4. The van der Waals surface area contributed by atoms with Gasteiger partial charge in [0, 0.05) is 12.0 Å². The fraction of sp³-hybridized carbons (Fsp3) is 0.657. The third kappa shape index (κ3) is 6.53. The minimum absolute atomic E-state index is 0.0274. The highest BCUT2D eigenvalue weighted by molar-refractivity contribution is 5.85. The van der Waals surface area contributed by atoms with Crippen molar-refractivity contribution < 1.29 is 52.7 Å². The zero-order valence-electron chi connectivity index (χ0n) is 28.3. The van der Waals surface area contributed by atoms with E-state index < -0.39 is 58.9 Å². The van der Waals surface area contributed by atoms with Crippen LogP contribution in [0.1, 0.15) is 91.2 Å². The summed E-state index contributed by atoms with van der Waals surface area (Å²) >= 11 is 0. The minimum Gasteiger partial charge on any atom is -0.493 e. The van der Waals surface area contributed by atoms with Crippen LogP contribution in [0.15, 0.2) is 24.0 Å². The molecule has 47 heavy (non-hydrogen) atoms. The highest BCUT2D eigenvalue weighted by atomic mass is 16.6. The lowest BCUT2D eigenvalue weighted by Gasteiger charge is -2.59. The molecule has 1 amide bonds. The van der Waals surface area contributed by atoms with Crippen molar-refractivity contribution in [3.05, 3.63) is 35.1 Å². The van der Waals surface area contributed by atoms with E-state index in [-0.39, 0.29) is 43.5 Å². The lowest BCUT2D eigenvalue weighted by atomic mass is 9.47. The number of hydrogen-bond acceptors (Lipinski definition) is 11. The predicted octanol–water partition coefficient (Wildman–Crippen LogP) is 4.42. The maximum absolute atomic E-state index is 13.4. The standard InChI is InChI=1S/C35H47NO11/c1-19(2)18-43-26(37)13-11-23(36-32(40)47-33(4,5)6)31(39)44-20(3)30(38)45-25-14-16-35(41)22-9-8-15-34(35)27-21(17-22)10-12-24(42-7)28(27)46-29(25)34/h10,12,14,19-20,22-23,29,41H,8-9,11,13,15-18H2,1-7H3,(H,36,40)/t20-,22+,23-,29-,34-,35+/m0/s1. The van der Waals surface area contributed by atoms with Gasteiger partial charge in [-0.2, -0.15) is 0 Å². The molecule has 1 spiro atoms. The normalized spacial score (nSPS) is 26.5. The number of benzene rings is 1. The first-order valence-electron chi connectivity index (χ1n) is 16.5. The first kappa shape index (κ1) is 34.5. The van der Waals surface area contributed by atoms with Crippen LogP contribution in [0.25, 0.3) is 0 Å². The van der Waals surface area contributed by atoms with Crippen molar-refractivity contribution in [2.75, 3.05) is 13.7 Å². The average molecular weight is 658 g/mol. The van der Waals surface area contributed by atoms with Gasteiger partial charge in [-0.05, 0) is 89.3 Å². The summed E-state index contributed by atoms with van der Waals surface area (Å²) in [6, 6.07) is 2.60. The largest absolute Gasteiger partial charge is 0.493 e. The van der Waals surface area contributed by atoms with Crippen LogP contribution in [0.3, 0.4) is 0 Å². The number of nitrogens with one attached hydrogen (secondary N) is 1. The van der Waals surface area contributed by atoms with Crippen LogP contribution in [0.2, 0.25) is 0 Å². The molecule has 0 unspecified atom stereocenters. The number of carbonyl (C=O) groups is 4. The molecule has 258 valence electrons. The van der Waals surface area contributed by atoms with Crippen LogP contribution in [0, 0.1) is 11.8 Å². The van der Waals surface area contributed by atoms with E-state index in [2.05, 4.69) is 5.32 Å². The van der Waals surface area contributed by atoms with Gasteiger partial charge in [-0.3, -0.25) is 4.79 Å². The monoisotopic (exact) mass is 657 g/mol. The number of ether oxygens (including phenoxy) is 6. The molecule has 0 aromatic heterocycles. The van der Waals surface area contributed by atoms with Crippen molar-refractivity contribution in [1.29, 1.82) is 0 Å². The summed E-state index contributed by atoms with van der Waals surface area (Å²) in [5.41, 5.74) is -0.710. The molecule has 0 saturated heterocycles. The summed E-state index contributed by atoms with van der Waals surface area (Å²) in [5.74, 6) is -0.834. The van der Waals surface area contributed by atoms with Crippen LogP contribution < -0.4 is 14.8 Å². The summed E-state index contributed by atoms with van der Waals surface area (Å²) in [5, 5.41) is 14.7. The number of alkyl carbamates (subject to hydrolysis) is 1. The summed E-state index contributed by atoms with van der Waals surface area (Å²) in [6.45, 7) is 10.4. The Morgan fingerprint density at radius 2 is 1.87 bits per heavy atom. The van der Waals surface area contributed by atoms with Gasteiger partial charge in [-0.15, -0.1) is 0 Å². The van der Waals surface area contributed by atoms with Crippen molar-refractivity contribution in [1.82, 2.24) is 5.32 Å². The van der Waals surface area contributed by atoms with Crippen LogP contribution in [0.4, 0.5) is 4.79 Å². The first-order chi connectivity index (χ1) is 22.1. The third-order valence-electron chi connectivity index (χ3n) is 9.50. The SMILES string of the molecule is COc1ccc2c3c1O[C@H]1C(OC(=O)[C@H](C)OC(=O)[C@H](CCC(=O)OCC(C)C)NC(=O)OC(C)(C)C)=CC[C@@]4(O)[C@H](CCC[C@]314)C2. The number of rotatable bonds is 11. The van der Waals surface area contributed by atoms with E-state index in [0.717, 1.165) is 30.4 Å². The average Bonchev–Trinajstić information content (AvgIpc) is 3.33. The van der Waals surface area contributed by atoms with Gasteiger partial charge in [-0.25, -0.2) is 14.4 Å². The van der Waals surface area contributed by atoms with Gasteiger partial charge in [0.1, 0.15) is 17.4 Å². The number of hydrogen-bond donors (Lipinski definition) is 2. The number of aliphatic hydroxyl groups is 1. The van der Waals surface area contributed by atoms with E-state index in [9.17, 15) is 24.3 Å². The molecule has 12 heteroatoms.